The van der Waals surface area contributed by atoms with E-state index in [9.17, 15) is 21.6 Å². The molecule has 0 aromatic heterocycles. The number of nitrogens with two attached hydrogens (primary N) is 1. The first kappa shape index (κ1) is 11.8. The Labute approximate surface area is 83.5 Å². The van der Waals surface area contributed by atoms with Crippen LogP contribution in [0.25, 0.3) is 0 Å². The summed E-state index contributed by atoms with van der Waals surface area (Å²) in [6.07, 6.45) is 0. The van der Waals surface area contributed by atoms with Gasteiger partial charge in [-0.05, 0) is 18.2 Å². The van der Waals surface area contributed by atoms with Gasteiger partial charge >= 0.3 is 6.61 Å². The molecule has 1 aromatic rings. The van der Waals surface area contributed by atoms with Crippen molar-refractivity contribution >= 4 is 10.0 Å². The molecule has 0 heterocycles. The number of alkyl halides is 2. The molecule has 4 nitrogen and oxygen atoms in total. The Morgan fingerprint density at radius 2 is 1.93 bits per heavy atom. The van der Waals surface area contributed by atoms with Crippen LogP contribution in [0.5, 0.6) is 5.75 Å². The Balaban J connectivity index is 3.27. The summed E-state index contributed by atoms with van der Waals surface area (Å²) in [6, 6.07) is 2.06. The molecule has 0 atom stereocenters. The molecule has 84 valence electrons. The monoisotopic (exact) mass is 241 g/mol. The van der Waals surface area contributed by atoms with Crippen molar-refractivity contribution in [2.24, 2.45) is 5.14 Å². The summed E-state index contributed by atoms with van der Waals surface area (Å²) in [4.78, 5) is -0.817. The molecule has 0 aliphatic carbocycles. The highest BCUT2D eigenvalue weighted by Crippen LogP contribution is 2.24. The van der Waals surface area contributed by atoms with Crippen molar-refractivity contribution in [1.82, 2.24) is 0 Å². The first-order valence-corrected chi connectivity index (χ1v) is 5.12. The number of sulfonamides is 1. The van der Waals surface area contributed by atoms with Crippen molar-refractivity contribution in [1.29, 1.82) is 0 Å². The lowest BCUT2D eigenvalue weighted by atomic mass is 10.3. The van der Waals surface area contributed by atoms with Gasteiger partial charge in [0.25, 0.3) is 0 Å². The molecule has 0 spiro atoms. The predicted octanol–water partition coefficient (Wildman–Crippen LogP) is 1.07. The number of rotatable bonds is 3. The second-order valence-corrected chi connectivity index (χ2v) is 4.04. The first-order chi connectivity index (χ1) is 6.80. The molecule has 1 rings (SSSR count). The molecule has 1 aromatic carbocycles. The third-order valence-corrected chi connectivity index (χ3v) is 2.36. The number of ether oxygens (including phenoxy) is 1. The third kappa shape index (κ3) is 3.10. The number of hydrogen-bond acceptors (Lipinski definition) is 3. The quantitative estimate of drug-likeness (QED) is 0.860. The zero-order valence-electron chi connectivity index (χ0n) is 7.15. The van der Waals surface area contributed by atoms with Crippen molar-refractivity contribution < 1.29 is 26.3 Å². The van der Waals surface area contributed by atoms with E-state index < -0.39 is 33.1 Å². The van der Waals surface area contributed by atoms with Crippen molar-refractivity contribution in [2.75, 3.05) is 0 Å². The van der Waals surface area contributed by atoms with Crippen LogP contribution in [0.3, 0.4) is 0 Å². The Morgan fingerprint density at radius 1 is 1.33 bits per heavy atom. The second-order valence-electron chi connectivity index (χ2n) is 2.51. The van der Waals surface area contributed by atoms with Crippen molar-refractivity contribution in [3.8, 4) is 5.75 Å². The van der Waals surface area contributed by atoms with E-state index in [1.165, 1.54) is 0 Å². The van der Waals surface area contributed by atoms with E-state index in [0.717, 1.165) is 12.1 Å². The average Bonchev–Trinajstić information content (AvgIpc) is 2.05. The van der Waals surface area contributed by atoms with E-state index in [2.05, 4.69) is 9.88 Å². The second kappa shape index (κ2) is 4.07. The van der Waals surface area contributed by atoms with Crippen LogP contribution in [0, 0.1) is 5.82 Å². The number of benzene rings is 1. The maximum Gasteiger partial charge on any atom is 0.387 e. The summed E-state index contributed by atoms with van der Waals surface area (Å²) >= 11 is 0. The Kier molecular flexibility index (Phi) is 3.20. The maximum absolute atomic E-state index is 12.7. The molecule has 0 bridgehead atoms. The van der Waals surface area contributed by atoms with Gasteiger partial charge in [0.1, 0.15) is 16.5 Å². The van der Waals surface area contributed by atoms with Gasteiger partial charge in [0.15, 0.2) is 0 Å². The van der Waals surface area contributed by atoms with Crippen molar-refractivity contribution in [3.63, 3.8) is 0 Å². The Morgan fingerprint density at radius 3 is 2.40 bits per heavy atom. The standard InChI is InChI=1S/C7H6F3NO3S/c8-4-1-2-5(14-7(9)10)6(3-4)15(11,12)13/h1-3,7H,(H2,11,12,13). The molecule has 0 aliphatic rings. The van der Waals surface area contributed by atoms with E-state index in [1.807, 2.05) is 0 Å². The fourth-order valence-electron chi connectivity index (χ4n) is 0.898. The fraction of sp³-hybridized carbons (Fsp3) is 0.143. The van der Waals surface area contributed by atoms with Crippen LogP contribution < -0.4 is 9.88 Å². The molecule has 0 amide bonds. The molecule has 0 saturated heterocycles. The van der Waals surface area contributed by atoms with Crippen LogP contribution in [0.1, 0.15) is 0 Å². The summed E-state index contributed by atoms with van der Waals surface area (Å²) < 4.78 is 61.9. The van der Waals surface area contributed by atoms with E-state index >= 15 is 0 Å². The van der Waals surface area contributed by atoms with Gasteiger partial charge in [0.2, 0.25) is 10.0 Å². The first-order valence-electron chi connectivity index (χ1n) is 3.58. The minimum absolute atomic E-state index is 0.507. The van der Waals surface area contributed by atoms with Crippen LogP contribution in [-0.4, -0.2) is 15.0 Å². The van der Waals surface area contributed by atoms with Gasteiger partial charge in [-0.25, -0.2) is 17.9 Å². The van der Waals surface area contributed by atoms with Crippen LogP contribution in [0.4, 0.5) is 13.2 Å². The molecular weight excluding hydrogens is 235 g/mol. The lowest BCUT2D eigenvalue weighted by Gasteiger charge is -2.08. The molecule has 0 radical (unpaired) electrons. The Hall–Kier alpha value is -1.28. The van der Waals surface area contributed by atoms with Crippen LogP contribution in [0.15, 0.2) is 23.1 Å². The normalized spacial score (nSPS) is 11.8. The molecule has 0 saturated carbocycles. The highest BCUT2D eigenvalue weighted by molar-refractivity contribution is 7.89. The summed E-state index contributed by atoms with van der Waals surface area (Å²) in [5.41, 5.74) is 0. The minimum Gasteiger partial charge on any atom is -0.433 e. The molecule has 0 aliphatic heterocycles. The van der Waals surface area contributed by atoms with Gasteiger partial charge in [0, 0.05) is 0 Å². The molecule has 0 fully saturated rings. The Bertz CT molecular complexity index is 461. The van der Waals surface area contributed by atoms with Crippen LogP contribution in [-0.2, 0) is 10.0 Å². The fourth-order valence-corrected chi connectivity index (χ4v) is 1.57. The van der Waals surface area contributed by atoms with Gasteiger partial charge in [-0.2, -0.15) is 8.78 Å². The number of hydrogen-bond donors (Lipinski definition) is 1. The van der Waals surface area contributed by atoms with Gasteiger partial charge < -0.3 is 4.74 Å². The molecule has 0 unspecified atom stereocenters. The summed E-state index contributed by atoms with van der Waals surface area (Å²) in [5, 5.41) is 4.68. The minimum atomic E-state index is -4.30. The molecule has 8 heteroatoms. The largest absolute Gasteiger partial charge is 0.433 e. The van der Waals surface area contributed by atoms with E-state index in [-0.39, 0.29) is 0 Å². The lowest BCUT2D eigenvalue weighted by Crippen LogP contribution is -2.15. The predicted molar refractivity (Wildman–Crippen MR) is 44.4 cm³/mol. The van der Waals surface area contributed by atoms with Crippen molar-refractivity contribution in [2.45, 2.75) is 11.5 Å². The van der Waals surface area contributed by atoms with Gasteiger partial charge in [-0.3, -0.25) is 0 Å². The maximum atomic E-state index is 12.7. The molecular formula is C7H6F3NO3S. The van der Waals surface area contributed by atoms with Gasteiger partial charge in [-0.15, -0.1) is 0 Å². The zero-order chi connectivity index (χ0) is 11.6. The topological polar surface area (TPSA) is 69.4 Å². The SMILES string of the molecule is NS(=O)(=O)c1cc(F)ccc1OC(F)F. The van der Waals surface area contributed by atoms with Crippen LogP contribution >= 0.6 is 0 Å². The van der Waals surface area contributed by atoms with Gasteiger partial charge in [0.05, 0.1) is 0 Å². The van der Waals surface area contributed by atoms with Crippen LogP contribution in [0.2, 0.25) is 0 Å². The van der Waals surface area contributed by atoms with E-state index in [0.29, 0.717) is 6.07 Å². The lowest BCUT2D eigenvalue weighted by molar-refractivity contribution is -0.0518. The average molecular weight is 241 g/mol. The summed E-state index contributed by atoms with van der Waals surface area (Å²) in [5.74, 6) is -1.60. The van der Waals surface area contributed by atoms with E-state index in [4.69, 9.17) is 0 Å². The molecule has 15 heavy (non-hydrogen) atoms. The van der Waals surface area contributed by atoms with Crippen molar-refractivity contribution in [3.05, 3.63) is 24.0 Å². The summed E-state index contributed by atoms with van der Waals surface area (Å²) in [6.45, 7) is -3.21. The van der Waals surface area contributed by atoms with E-state index in [1.54, 1.807) is 0 Å². The summed E-state index contributed by atoms with van der Waals surface area (Å²) in [7, 11) is -4.30. The highest BCUT2D eigenvalue weighted by Gasteiger charge is 2.18. The third-order valence-electron chi connectivity index (χ3n) is 1.43. The van der Waals surface area contributed by atoms with Gasteiger partial charge in [-0.1, -0.05) is 0 Å². The number of primary sulfonamides is 1. The smallest absolute Gasteiger partial charge is 0.387 e. The zero-order valence-corrected chi connectivity index (χ0v) is 7.97. The number of halogens is 3. The molecule has 2 N–H and O–H groups in total. The highest BCUT2D eigenvalue weighted by atomic mass is 32.2.